The fourth-order valence-corrected chi connectivity index (χ4v) is 1.59. The molecule has 0 atom stereocenters. The first-order chi connectivity index (χ1) is 8.51. The lowest BCUT2D eigenvalue weighted by Gasteiger charge is -2.08. The summed E-state index contributed by atoms with van der Waals surface area (Å²) in [6.07, 6.45) is 0. The number of hydrogen-bond donors (Lipinski definition) is 2. The molecule has 18 heavy (non-hydrogen) atoms. The van der Waals surface area contributed by atoms with Crippen molar-refractivity contribution in [1.29, 1.82) is 0 Å². The molecule has 0 unspecified atom stereocenters. The first-order valence-electron chi connectivity index (χ1n) is 5.66. The average molecular weight is 254 g/mol. The first kappa shape index (κ1) is 14.2. The van der Waals surface area contributed by atoms with Crippen molar-refractivity contribution in [1.82, 2.24) is 15.1 Å². The standard InChI is InChI=1S/C11H18N4O3/c1-5-18-11(17)9-7(2)14-15(4)10(9)13-8(16)6-12-3/h12H,5-6H2,1-4H3,(H,13,16). The van der Waals surface area contributed by atoms with E-state index < -0.39 is 5.97 Å². The summed E-state index contributed by atoms with van der Waals surface area (Å²) < 4.78 is 6.40. The van der Waals surface area contributed by atoms with Gasteiger partial charge in [-0.15, -0.1) is 0 Å². The maximum Gasteiger partial charge on any atom is 0.343 e. The fourth-order valence-electron chi connectivity index (χ4n) is 1.59. The highest BCUT2D eigenvalue weighted by Gasteiger charge is 2.22. The van der Waals surface area contributed by atoms with E-state index in [1.54, 1.807) is 27.9 Å². The lowest BCUT2D eigenvalue weighted by atomic mass is 10.2. The van der Waals surface area contributed by atoms with Gasteiger partial charge in [0.25, 0.3) is 0 Å². The lowest BCUT2D eigenvalue weighted by molar-refractivity contribution is -0.115. The van der Waals surface area contributed by atoms with E-state index in [2.05, 4.69) is 15.7 Å². The molecule has 0 bridgehead atoms. The smallest absolute Gasteiger partial charge is 0.343 e. The van der Waals surface area contributed by atoms with Crippen molar-refractivity contribution in [2.24, 2.45) is 7.05 Å². The molecule has 1 rings (SSSR count). The maximum absolute atomic E-state index is 11.8. The molecule has 0 aromatic carbocycles. The summed E-state index contributed by atoms with van der Waals surface area (Å²) >= 11 is 0. The van der Waals surface area contributed by atoms with E-state index in [1.807, 2.05) is 0 Å². The summed E-state index contributed by atoms with van der Waals surface area (Å²) in [5.74, 6) is -0.375. The molecule has 1 amide bonds. The van der Waals surface area contributed by atoms with Crippen molar-refractivity contribution < 1.29 is 14.3 Å². The zero-order valence-corrected chi connectivity index (χ0v) is 11.0. The summed E-state index contributed by atoms with van der Waals surface area (Å²) in [6, 6.07) is 0. The van der Waals surface area contributed by atoms with Crippen LogP contribution in [0.2, 0.25) is 0 Å². The van der Waals surface area contributed by atoms with E-state index in [0.29, 0.717) is 17.1 Å². The third-order valence-electron chi connectivity index (χ3n) is 2.30. The molecule has 1 aromatic rings. The van der Waals surface area contributed by atoms with Crippen LogP contribution in [0.25, 0.3) is 0 Å². The Morgan fingerprint density at radius 1 is 1.44 bits per heavy atom. The van der Waals surface area contributed by atoms with Crippen LogP contribution in [-0.2, 0) is 16.6 Å². The number of amides is 1. The third kappa shape index (κ3) is 3.07. The van der Waals surface area contributed by atoms with E-state index in [1.165, 1.54) is 4.68 Å². The van der Waals surface area contributed by atoms with Crippen molar-refractivity contribution in [2.45, 2.75) is 13.8 Å². The number of hydrogen-bond acceptors (Lipinski definition) is 5. The Hall–Kier alpha value is -1.89. The van der Waals surface area contributed by atoms with Crippen molar-refractivity contribution in [2.75, 3.05) is 25.5 Å². The number of aromatic nitrogens is 2. The summed E-state index contributed by atoms with van der Waals surface area (Å²) in [6.45, 7) is 3.85. The number of aryl methyl sites for hydroxylation is 2. The SMILES string of the molecule is CCOC(=O)c1c(C)nn(C)c1NC(=O)CNC. The zero-order valence-electron chi connectivity index (χ0n) is 11.0. The van der Waals surface area contributed by atoms with Crippen LogP contribution in [0.3, 0.4) is 0 Å². The van der Waals surface area contributed by atoms with Crippen molar-refractivity contribution >= 4 is 17.7 Å². The van der Waals surface area contributed by atoms with E-state index >= 15 is 0 Å². The number of anilines is 1. The number of likely N-dealkylation sites (N-methyl/N-ethyl adjacent to an activating group) is 1. The second-order valence-electron chi connectivity index (χ2n) is 3.73. The van der Waals surface area contributed by atoms with Crippen LogP contribution in [0.1, 0.15) is 23.0 Å². The predicted octanol–water partition coefficient (Wildman–Crippen LogP) is 0.0631. The molecule has 0 aliphatic heterocycles. The second kappa shape index (κ2) is 6.15. The molecule has 0 radical (unpaired) electrons. The van der Waals surface area contributed by atoms with Crippen LogP contribution in [0, 0.1) is 6.92 Å². The highest BCUT2D eigenvalue weighted by Crippen LogP contribution is 2.19. The topological polar surface area (TPSA) is 85.2 Å². The Balaban J connectivity index is 3.02. The monoisotopic (exact) mass is 254 g/mol. The Bertz CT molecular complexity index is 453. The van der Waals surface area contributed by atoms with E-state index in [-0.39, 0.29) is 19.1 Å². The van der Waals surface area contributed by atoms with Gasteiger partial charge in [-0.05, 0) is 20.9 Å². The average Bonchev–Trinajstić information content (AvgIpc) is 2.54. The molecular weight excluding hydrogens is 236 g/mol. The molecule has 0 aliphatic rings. The molecule has 0 saturated heterocycles. The Morgan fingerprint density at radius 2 is 2.11 bits per heavy atom. The van der Waals surface area contributed by atoms with Crippen LogP contribution in [0.5, 0.6) is 0 Å². The predicted molar refractivity (Wildman–Crippen MR) is 66.5 cm³/mol. The fraction of sp³-hybridized carbons (Fsp3) is 0.545. The first-order valence-corrected chi connectivity index (χ1v) is 5.66. The van der Waals surface area contributed by atoms with E-state index in [4.69, 9.17) is 4.74 Å². The van der Waals surface area contributed by atoms with Gasteiger partial charge < -0.3 is 15.4 Å². The normalized spacial score (nSPS) is 10.2. The Morgan fingerprint density at radius 3 is 2.67 bits per heavy atom. The van der Waals surface area contributed by atoms with Crippen LogP contribution in [0.4, 0.5) is 5.82 Å². The lowest BCUT2D eigenvalue weighted by Crippen LogP contribution is -2.27. The highest BCUT2D eigenvalue weighted by molar-refractivity contribution is 6.01. The molecule has 100 valence electrons. The minimum Gasteiger partial charge on any atom is -0.462 e. The zero-order chi connectivity index (χ0) is 13.7. The van der Waals surface area contributed by atoms with Gasteiger partial charge in [0.1, 0.15) is 11.4 Å². The number of carbonyl (C=O) groups excluding carboxylic acids is 2. The number of esters is 1. The minimum absolute atomic E-state index is 0.159. The van der Waals surface area contributed by atoms with Gasteiger partial charge in [-0.2, -0.15) is 5.10 Å². The second-order valence-corrected chi connectivity index (χ2v) is 3.73. The van der Waals surface area contributed by atoms with Crippen LogP contribution >= 0.6 is 0 Å². The molecule has 7 nitrogen and oxygen atoms in total. The third-order valence-corrected chi connectivity index (χ3v) is 2.30. The number of nitrogens with one attached hydrogen (secondary N) is 2. The van der Waals surface area contributed by atoms with Gasteiger partial charge in [0.2, 0.25) is 5.91 Å². The highest BCUT2D eigenvalue weighted by atomic mass is 16.5. The molecular formula is C11H18N4O3. The molecule has 0 spiro atoms. The van der Waals surface area contributed by atoms with Crippen molar-refractivity contribution in [3.63, 3.8) is 0 Å². The quantitative estimate of drug-likeness (QED) is 0.726. The van der Waals surface area contributed by atoms with Gasteiger partial charge >= 0.3 is 5.97 Å². The molecule has 2 N–H and O–H groups in total. The van der Waals surface area contributed by atoms with Crippen LogP contribution in [0.15, 0.2) is 0 Å². The van der Waals surface area contributed by atoms with Gasteiger partial charge in [0.15, 0.2) is 0 Å². The van der Waals surface area contributed by atoms with Gasteiger partial charge in [-0.1, -0.05) is 0 Å². The summed E-state index contributed by atoms with van der Waals surface area (Å²) in [7, 11) is 3.32. The Kier molecular flexibility index (Phi) is 4.85. The van der Waals surface area contributed by atoms with Gasteiger partial charge in [0, 0.05) is 7.05 Å². The van der Waals surface area contributed by atoms with Crippen molar-refractivity contribution in [3.05, 3.63) is 11.3 Å². The number of nitrogens with zero attached hydrogens (tertiary/aromatic N) is 2. The summed E-state index contributed by atoms with van der Waals surface area (Å²) in [5.41, 5.74) is 0.819. The van der Waals surface area contributed by atoms with Crippen LogP contribution < -0.4 is 10.6 Å². The summed E-state index contributed by atoms with van der Waals surface area (Å²) in [4.78, 5) is 23.3. The van der Waals surface area contributed by atoms with E-state index in [9.17, 15) is 9.59 Å². The number of rotatable bonds is 5. The largest absolute Gasteiger partial charge is 0.462 e. The van der Waals surface area contributed by atoms with Crippen molar-refractivity contribution in [3.8, 4) is 0 Å². The summed E-state index contributed by atoms with van der Waals surface area (Å²) in [5, 5.41) is 9.48. The number of ether oxygens (including phenoxy) is 1. The molecule has 0 aliphatic carbocycles. The molecule has 1 heterocycles. The number of carbonyl (C=O) groups is 2. The van der Waals surface area contributed by atoms with Gasteiger partial charge in [0.05, 0.1) is 18.8 Å². The molecule has 1 aromatic heterocycles. The minimum atomic E-state index is -0.483. The van der Waals surface area contributed by atoms with Gasteiger partial charge in [-0.3, -0.25) is 9.48 Å². The molecule has 0 fully saturated rings. The van der Waals surface area contributed by atoms with Crippen LogP contribution in [-0.4, -0.2) is 41.9 Å². The maximum atomic E-state index is 11.8. The molecule has 7 heteroatoms. The van der Waals surface area contributed by atoms with E-state index in [0.717, 1.165) is 0 Å². The Labute approximate surface area is 105 Å². The van der Waals surface area contributed by atoms with Gasteiger partial charge in [-0.25, -0.2) is 4.79 Å². The molecule has 0 saturated carbocycles.